The average Bonchev–Trinajstić information content (AvgIpc) is 2.96. The molecule has 0 fully saturated rings. The monoisotopic (exact) mass is 533 g/mol. The SMILES string of the molecule is Cc1cc(/C=N\NC(=O)CSCc2cccc(Br)c2)c(C)n1-c1ccccc1Br. The van der Waals surface area contributed by atoms with Crippen LogP contribution in [0, 0.1) is 13.8 Å². The van der Waals surface area contributed by atoms with Gasteiger partial charge >= 0.3 is 0 Å². The summed E-state index contributed by atoms with van der Waals surface area (Å²) in [7, 11) is 0. The first-order valence-electron chi connectivity index (χ1n) is 9.03. The number of rotatable bonds is 7. The van der Waals surface area contributed by atoms with E-state index in [1.54, 1.807) is 18.0 Å². The van der Waals surface area contributed by atoms with E-state index in [9.17, 15) is 4.79 Å². The first-order valence-corrected chi connectivity index (χ1v) is 11.8. The predicted octanol–water partition coefficient (Wildman–Crippen LogP) is 6.00. The molecule has 0 unspecified atom stereocenters. The zero-order valence-electron chi connectivity index (χ0n) is 16.2. The first-order chi connectivity index (χ1) is 14.0. The molecule has 29 heavy (non-hydrogen) atoms. The molecule has 150 valence electrons. The Balaban J connectivity index is 1.57. The molecule has 0 radical (unpaired) electrons. The molecular formula is C22H21Br2N3OS. The third-order valence-corrected chi connectivity index (χ3v) is 6.52. The second-order valence-electron chi connectivity index (χ2n) is 6.53. The van der Waals surface area contributed by atoms with Gasteiger partial charge in [0.15, 0.2) is 0 Å². The van der Waals surface area contributed by atoms with Crippen molar-refractivity contribution in [1.82, 2.24) is 9.99 Å². The van der Waals surface area contributed by atoms with Gasteiger partial charge in [0.2, 0.25) is 5.91 Å². The minimum absolute atomic E-state index is 0.110. The lowest BCUT2D eigenvalue weighted by Gasteiger charge is -2.11. The van der Waals surface area contributed by atoms with E-state index in [0.717, 1.165) is 37.3 Å². The van der Waals surface area contributed by atoms with E-state index in [1.165, 1.54) is 5.56 Å². The Morgan fingerprint density at radius 1 is 1.14 bits per heavy atom. The van der Waals surface area contributed by atoms with E-state index >= 15 is 0 Å². The number of nitrogens with zero attached hydrogens (tertiary/aromatic N) is 2. The molecule has 3 rings (SSSR count). The number of carbonyl (C=O) groups is 1. The van der Waals surface area contributed by atoms with Crippen LogP contribution in [0.15, 0.2) is 68.6 Å². The van der Waals surface area contributed by atoms with Gasteiger partial charge in [-0.3, -0.25) is 4.79 Å². The van der Waals surface area contributed by atoms with E-state index in [2.05, 4.69) is 78.1 Å². The molecule has 1 heterocycles. The number of halogens is 2. The van der Waals surface area contributed by atoms with Crippen molar-refractivity contribution < 1.29 is 4.79 Å². The molecular weight excluding hydrogens is 514 g/mol. The molecule has 0 saturated heterocycles. The third-order valence-electron chi connectivity index (χ3n) is 4.35. The number of benzene rings is 2. The van der Waals surface area contributed by atoms with Gasteiger partial charge in [0.1, 0.15) is 0 Å². The van der Waals surface area contributed by atoms with Crippen molar-refractivity contribution >= 4 is 55.7 Å². The van der Waals surface area contributed by atoms with Gasteiger partial charge in [-0.1, -0.05) is 40.2 Å². The Labute approximate surface area is 192 Å². The third kappa shape index (κ3) is 5.84. The number of amides is 1. The summed E-state index contributed by atoms with van der Waals surface area (Å²) in [6.45, 7) is 4.10. The minimum atomic E-state index is -0.110. The fourth-order valence-corrected chi connectivity index (χ4v) is 4.69. The van der Waals surface area contributed by atoms with Gasteiger partial charge in [-0.15, -0.1) is 11.8 Å². The Bertz CT molecular complexity index is 1050. The maximum absolute atomic E-state index is 12.0. The van der Waals surface area contributed by atoms with Gasteiger partial charge in [0, 0.05) is 31.6 Å². The topological polar surface area (TPSA) is 46.4 Å². The second kappa shape index (κ2) is 10.3. The van der Waals surface area contributed by atoms with Crippen LogP contribution in [0.25, 0.3) is 5.69 Å². The van der Waals surface area contributed by atoms with Crippen LogP contribution in [0.1, 0.15) is 22.5 Å². The zero-order chi connectivity index (χ0) is 20.8. The number of nitrogens with one attached hydrogen (secondary N) is 1. The number of thioether (sulfide) groups is 1. The fraction of sp³-hybridized carbons (Fsp3) is 0.182. The summed E-state index contributed by atoms with van der Waals surface area (Å²) in [5.74, 6) is 1.03. The summed E-state index contributed by atoms with van der Waals surface area (Å²) >= 11 is 8.63. The highest BCUT2D eigenvalue weighted by Gasteiger charge is 2.11. The molecule has 3 aromatic rings. The summed E-state index contributed by atoms with van der Waals surface area (Å²) in [6, 6.07) is 18.2. The molecule has 0 aliphatic heterocycles. The molecule has 0 saturated carbocycles. The predicted molar refractivity (Wildman–Crippen MR) is 129 cm³/mol. The standard InChI is InChI=1S/C22H21Br2N3OS/c1-15-10-18(16(2)27(15)21-9-4-3-8-20(21)24)12-25-26-22(28)14-29-13-17-6-5-7-19(23)11-17/h3-12H,13-14H2,1-2H3,(H,26,28)/b25-12-. The Hall–Kier alpha value is -1.83. The van der Waals surface area contributed by atoms with Gasteiger partial charge in [0.05, 0.1) is 17.7 Å². The lowest BCUT2D eigenvalue weighted by atomic mass is 10.2. The minimum Gasteiger partial charge on any atom is -0.317 e. The number of hydrogen-bond acceptors (Lipinski definition) is 3. The summed E-state index contributed by atoms with van der Waals surface area (Å²) in [5.41, 5.74) is 8.02. The summed E-state index contributed by atoms with van der Waals surface area (Å²) in [5, 5.41) is 4.14. The molecule has 1 N–H and O–H groups in total. The van der Waals surface area contributed by atoms with E-state index in [0.29, 0.717) is 5.75 Å². The van der Waals surface area contributed by atoms with Gasteiger partial charge in [-0.05, 0) is 65.7 Å². The molecule has 0 aliphatic carbocycles. The lowest BCUT2D eigenvalue weighted by molar-refractivity contribution is -0.118. The number of aromatic nitrogens is 1. The number of hydrogen-bond donors (Lipinski definition) is 1. The molecule has 1 aromatic heterocycles. The highest BCUT2D eigenvalue weighted by atomic mass is 79.9. The van der Waals surface area contributed by atoms with Crippen LogP contribution >= 0.6 is 43.6 Å². The van der Waals surface area contributed by atoms with Crippen LogP contribution in [-0.4, -0.2) is 22.4 Å². The normalized spacial score (nSPS) is 11.2. The Kier molecular flexibility index (Phi) is 7.75. The van der Waals surface area contributed by atoms with Crippen molar-refractivity contribution in [3.05, 3.63) is 86.1 Å². The van der Waals surface area contributed by atoms with Gasteiger partial charge < -0.3 is 4.57 Å². The van der Waals surface area contributed by atoms with Crippen LogP contribution < -0.4 is 5.43 Å². The number of para-hydroxylation sites is 1. The van der Waals surface area contributed by atoms with E-state index in [4.69, 9.17) is 0 Å². The van der Waals surface area contributed by atoms with Gasteiger partial charge in [0.25, 0.3) is 0 Å². The lowest BCUT2D eigenvalue weighted by Crippen LogP contribution is -2.19. The summed E-state index contributed by atoms with van der Waals surface area (Å²) < 4.78 is 4.24. The van der Waals surface area contributed by atoms with Crippen molar-refractivity contribution in [2.24, 2.45) is 5.10 Å². The fourth-order valence-electron chi connectivity index (χ4n) is 3.02. The maximum Gasteiger partial charge on any atom is 0.250 e. The van der Waals surface area contributed by atoms with Crippen LogP contribution in [-0.2, 0) is 10.5 Å². The van der Waals surface area contributed by atoms with Crippen LogP contribution in [0.3, 0.4) is 0 Å². The number of carbonyl (C=O) groups excluding carboxylic acids is 1. The zero-order valence-corrected chi connectivity index (χ0v) is 20.1. The molecule has 0 aliphatic rings. The second-order valence-corrected chi connectivity index (χ2v) is 9.28. The molecule has 0 bridgehead atoms. The molecule has 0 spiro atoms. The van der Waals surface area contributed by atoms with E-state index in [-0.39, 0.29) is 5.91 Å². The number of aryl methyl sites for hydroxylation is 1. The van der Waals surface area contributed by atoms with Crippen LogP contribution in [0.2, 0.25) is 0 Å². The van der Waals surface area contributed by atoms with Crippen molar-refractivity contribution in [3.8, 4) is 5.69 Å². The largest absolute Gasteiger partial charge is 0.317 e. The Morgan fingerprint density at radius 3 is 2.69 bits per heavy atom. The van der Waals surface area contributed by atoms with Crippen molar-refractivity contribution in [3.63, 3.8) is 0 Å². The van der Waals surface area contributed by atoms with Crippen molar-refractivity contribution in [1.29, 1.82) is 0 Å². The molecule has 0 atom stereocenters. The van der Waals surface area contributed by atoms with Crippen LogP contribution in [0.5, 0.6) is 0 Å². The number of hydrazone groups is 1. The Morgan fingerprint density at radius 2 is 1.93 bits per heavy atom. The van der Waals surface area contributed by atoms with Gasteiger partial charge in [-0.2, -0.15) is 5.10 Å². The van der Waals surface area contributed by atoms with Gasteiger partial charge in [-0.25, -0.2) is 5.43 Å². The molecule has 1 amide bonds. The average molecular weight is 535 g/mol. The van der Waals surface area contributed by atoms with Crippen LogP contribution in [0.4, 0.5) is 0 Å². The first kappa shape index (κ1) is 21.9. The molecule has 4 nitrogen and oxygen atoms in total. The highest BCUT2D eigenvalue weighted by Crippen LogP contribution is 2.26. The van der Waals surface area contributed by atoms with E-state index < -0.39 is 0 Å². The maximum atomic E-state index is 12.0. The quantitative estimate of drug-likeness (QED) is 0.298. The van der Waals surface area contributed by atoms with E-state index in [1.807, 2.05) is 37.3 Å². The summed E-state index contributed by atoms with van der Waals surface area (Å²) in [6.07, 6.45) is 1.70. The van der Waals surface area contributed by atoms with Crippen molar-refractivity contribution in [2.75, 3.05) is 5.75 Å². The van der Waals surface area contributed by atoms with Crippen molar-refractivity contribution in [2.45, 2.75) is 19.6 Å². The molecule has 2 aromatic carbocycles. The smallest absolute Gasteiger partial charge is 0.250 e. The summed E-state index contributed by atoms with van der Waals surface area (Å²) in [4.78, 5) is 12.0. The molecule has 7 heteroatoms. The highest BCUT2D eigenvalue weighted by molar-refractivity contribution is 9.10.